The first kappa shape index (κ1) is 18.4. The highest BCUT2D eigenvalue weighted by atomic mass is 35.5. The first-order valence-corrected chi connectivity index (χ1v) is 9.95. The molecule has 2 fully saturated rings. The molecule has 2 N–H and O–H groups in total. The summed E-state index contributed by atoms with van der Waals surface area (Å²) in [6.07, 6.45) is 1.65. The van der Waals surface area contributed by atoms with Crippen molar-refractivity contribution in [3.05, 3.63) is 28.8 Å². The number of hydrogen-bond acceptors (Lipinski definition) is 4. The number of halogens is 1. The molecule has 3 aliphatic rings. The number of benzene rings is 1. The SMILES string of the molecule is CCCCN1C(=O)[C@@H]2[C@@H](C(C)C)N[C@@]3(C(=O)Nc4c(Cl)cccc43)[C@@H]2C1=O. The van der Waals surface area contributed by atoms with Crippen LogP contribution in [0.5, 0.6) is 0 Å². The molecule has 6 nitrogen and oxygen atoms in total. The van der Waals surface area contributed by atoms with Gasteiger partial charge in [-0.15, -0.1) is 0 Å². The third-order valence-electron chi connectivity index (χ3n) is 6.18. The summed E-state index contributed by atoms with van der Waals surface area (Å²) in [4.78, 5) is 41.0. The smallest absolute Gasteiger partial charge is 0.250 e. The van der Waals surface area contributed by atoms with Crippen molar-refractivity contribution < 1.29 is 14.4 Å². The number of hydrogen-bond donors (Lipinski definition) is 2. The van der Waals surface area contributed by atoms with Crippen LogP contribution in [0.1, 0.15) is 39.2 Å². The number of rotatable bonds is 4. The number of para-hydroxylation sites is 1. The number of carbonyl (C=O) groups excluding carboxylic acids is 3. The Balaban J connectivity index is 1.87. The van der Waals surface area contributed by atoms with E-state index in [-0.39, 0.29) is 29.7 Å². The van der Waals surface area contributed by atoms with Crippen LogP contribution in [0.25, 0.3) is 0 Å². The highest BCUT2D eigenvalue weighted by Gasteiger charge is 2.70. The van der Waals surface area contributed by atoms with E-state index in [2.05, 4.69) is 10.6 Å². The first-order chi connectivity index (χ1) is 12.8. The number of amides is 3. The van der Waals surface area contributed by atoms with Crippen LogP contribution >= 0.6 is 11.6 Å². The van der Waals surface area contributed by atoms with Gasteiger partial charge in [0.1, 0.15) is 5.54 Å². The summed E-state index contributed by atoms with van der Waals surface area (Å²) in [5.41, 5.74) is -0.0446. The summed E-state index contributed by atoms with van der Waals surface area (Å²) < 4.78 is 0. The molecule has 7 heteroatoms. The molecule has 4 rings (SSSR count). The van der Waals surface area contributed by atoms with Crippen molar-refractivity contribution in [3.8, 4) is 0 Å². The molecule has 3 heterocycles. The average molecular weight is 390 g/mol. The fourth-order valence-electron chi connectivity index (χ4n) is 4.89. The van der Waals surface area contributed by atoms with Crippen LogP contribution in [0, 0.1) is 17.8 Å². The minimum atomic E-state index is -1.24. The number of nitrogens with zero attached hydrogens (tertiary/aromatic N) is 1. The molecule has 1 aromatic carbocycles. The lowest BCUT2D eigenvalue weighted by atomic mass is 9.76. The molecule has 0 aromatic heterocycles. The standard InChI is InChI=1S/C20H24ClN3O3/c1-4-5-9-24-17(25)13-14(18(24)26)20(23-15(13)10(2)3)11-7-6-8-12(21)16(11)22-19(20)27/h6-8,10,13-15,23H,4-5,9H2,1-3H3,(H,22,27)/t13-,14-,15+,20+/m0/s1. The van der Waals surface area contributed by atoms with Crippen molar-refractivity contribution in [1.82, 2.24) is 10.2 Å². The van der Waals surface area contributed by atoms with E-state index in [0.29, 0.717) is 22.8 Å². The Hall–Kier alpha value is -1.92. The summed E-state index contributed by atoms with van der Waals surface area (Å²) in [7, 11) is 0. The molecule has 0 unspecified atom stereocenters. The Labute approximate surface area is 163 Å². The summed E-state index contributed by atoms with van der Waals surface area (Å²) in [5.74, 6) is -1.90. The molecule has 27 heavy (non-hydrogen) atoms. The van der Waals surface area contributed by atoms with E-state index < -0.39 is 17.4 Å². The maximum atomic E-state index is 13.3. The van der Waals surface area contributed by atoms with Crippen LogP contribution in [0.2, 0.25) is 5.02 Å². The summed E-state index contributed by atoms with van der Waals surface area (Å²) in [5, 5.41) is 6.68. The lowest BCUT2D eigenvalue weighted by Gasteiger charge is -2.30. The van der Waals surface area contributed by atoms with Crippen molar-refractivity contribution in [2.24, 2.45) is 17.8 Å². The van der Waals surface area contributed by atoms with E-state index in [1.54, 1.807) is 12.1 Å². The third kappa shape index (κ3) is 2.32. The number of fused-ring (bicyclic) bond motifs is 4. The maximum Gasteiger partial charge on any atom is 0.250 e. The number of nitrogens with one attached hydrogen (secondary N) is 2. The van der Waals surface area contributed by atoms with Gasteiger partial charge in [-0.1, -0.05) is 50.9 Å². The van der Waals surface area contributed by atoms with Gasteiger partial charge in [0.05, 0.1) is 22.5 Å². The van der Waals surface area contributed by atoms with Gasteiger partial charge >= 0.3 is 0 Å². The molecule has 3 amide bonds. The summed E-state index contributed by atoms with van der Waals surface area (Å²) >= 11 is 6.30. The zero-order chi connectivity index (χ0) is 19.5. The van der Waals surface area contributed by atoms with E-state index in [1.807, 2.05) is 26.8 Å². The zero-order valence-corrected chi connectivity index (χ0v) is 16.5. The van der Waals surface area contributed by atoms with E-state index in [0.717, 1.165) is 12.8 Å². The molecule has 0 bridgehead atoms. The Morgan fingerprint density at radius 3 is 2.63 bits per heavy atom. The number of unbranched alkanes of at least 4 members (excludes halogenated alkanes) is 1. The van der Waals surface area contributed by atoms with Gasteiger partial charge in [-0.25, -0.2) is 0 Å². The normalized spacial score (nSPS) is 31.8. The highest BCUT2D eigenvalue weighted by Crippen LogP contribution is 2.54. The van der Waals surface area contributed by atoms with Crippen molar-refractivity contribution >= 4 is 35.0 Å². The minimum Gasteiger partial charge on any atom is -0.323 e. The van der Waals surface area contributed by atoms with Gasteiger partial charge in [0.25, 0.3) is 0 Å². The molecule has 3 aliphatic heterocycles. The van der Waals surface area contributed by atoms with E-state index in [9.17, 15) is 14.4 Å². The molecule has 144 valence electrons. The Morgan fingerprint density at radius 2 is 1.96 bits per heavy atom. The first-order valence-electron chi connectivity index (χ1n) is 9.58. The number of likely N-dealkylation sites (tertiary alicyclic amines) is 1. The summed E-state index contributed by atoms with van der Waals surface area (Å²) in [6, 6.07) is 5.05. The monoisotopic (exact) mass is 389 g/mol. The fourth-order valence-corrected chi connectivity index (χ4v) is 5.12. The van der Waals surface area contributed by atoms with Gasteiger partial charge in [0, 0.05) is 18.2 Å². The van der Waals surface area contributed by atoms with Crippen molar-refractivity contribution in [2.45, 2.75) is 45.2 Å². The predicted molar refractivity (Wildman–Crippen MR) is 102 cm³/mol. The molecule has 2 saturated heterocycles. The van der Waals surface area contributed by atoms with E-state index in [1.165, 1.54) is 4.90 Å². The highest BCUT2D eigenvalue weighted by molar-refractivity contribution is 6.35. The third-order valence-corrected chi connectivity index (χ3v) is 6.49. The van der Waals surface area contributed by atoms with Crippen LogP contribution in [0.3, 0.4) is 0 Å². The molecule has 0 radical (unpaired) electrons. The zero-order valence-electron chi connectivity index (χ0n) is 15.7. The molecule has 4 atom stereocenters. The van der Waals surface area contributed by atoms with Crippen LogP contribution in [-0.2, 0) is 19.9 Å². The second kappa shape index (κ2) is 6.31. The lowest BCUT2D eigenvalue weighted by molar-refractivity contribution is -0.143. The van der Waals surface area contributed by atoms with Gasteiger partial charge in [0.2, 0.25) is 17.7 Å². The van der Waals surface area contributed by atoms with Gasteiger partial charge in [-0.2, -0.15) is 0 Å². The summed E-state index contributed by atoms with van der Waals surface area (Å²) in [6.45, 7) is 6.44. The van der Waals surface area contributed by atoms with Crippen molar-refractivity contribution in [2.75, 3.05) is 11.9 Å². The molecule has 0 aliphatic carbocycles. The second-order valence-corrected chi connectivity index (χ2v) is 8.43. The van der Waals surface area contributed by atoms with Gasteiger partial charge in [-0.05, 0) is 18.4 Å². The van der Waals surface area contributed by atoms with E-state index >= 15 is 0 Å². The van der Waals surface area contributed by atoms with Crippen LogP contribution in [0.4, 0.5) is 5.69 Å². The molecule has 1 spiro atoms. The van der Waals surface area contributed by atoms with Crippen molar-refractivity contribution in [3.63, 3.8) is 0 Å². The molecule has 0 saturated carbocycles. The molecular weight excluding hydrogens is 366 g/mol. The number of imide groups is 1. The predicted octanol–water partition coefficient (Wildman–Crippen LogP) is 2.52. The van der Waals surface area contributed by atoms with E-state index in [4.69, 9.17) is 11.6 Å². The molecule has 1 aromatic rings. The quantitative estimate of drug-likeness (QED) is 0.775. The van der Waals surface area contributed by atoms with Crippen molar-refractivity contribution in [1.29, 1.82) is 0 Å². The topological polar surface area (TPSA) is 78.5 Å². The van der Waals surface area contributed by atoms with Crippen LogP contribution < -0.4 is 10.6 Å². The largest absolute Gasteiger partial charge is 0.323 e. The van der Waals surface area contributed by atoms with Crippen LogP contribution in [0.15, 0.2) is 18.2 Å². The lowest BCUT2D eigenvalue weighted by Crippen LogP contribution is -2.54. The average Bonchev–Trinajstić information content (AvgIpc) is 3.21. The molecular formula is C20H24ClN3O3. The van der Waals surface area contributed by atoms with Gasteiger partial charge in [-0.3, -0.25) is 24.6 Å². The van der Waals surface area contributed by atoms with Gasteiger partial charge in [0.15, 0.2) is 0 Å². The maximum absolute atomic E-state index is 13.3. The fraction of sp³-hybridized carbons (Fsp3) is 0.550. The Morgan fingerprint density at radius 1 is 1.22 bits per heavy atom. The minimum absolute atomic E-state index is 0.0933. The Bertz CT molecular complexity index is 840. The number of anilines is 1. The number of carbonyl (C=O) groups is 3. The van der Waals surface area contributed by atoms with Crippen LogP contribution in [-0.4, -0.2) is 35.2 Å². The second-order valence-electron chi connectivity index (χ2n) is 8.02. The Kier molecular flexibility index (Phi) is 4.31. The van der Waals surface area contributed by atoms with Gasteiger partial charge < -0.3 is 5.32 Å².